The van der Waals surface area contributed by atoms with Crippen LogP contribution in [0.2, 0.25) is 0 Å². The van der Waals surface area contributed by atoms with Gasteiger partial charge < -0.3 is 14.8 Å². The van der Waals surface area contributed by atoms with E-state index in [0.717, 1.165) is 29.5 Å². The highest BCUT2D eigenvalue weighted by atomic mass is 16.5. The van der Waals surface area contributed by atoms with Crippen LogP contribution in [0.25, 0.3) is 6.08 Å². The van der Waals surface area contributed by atoms with Gasteiger partial charge >= 0.3 is 0 Å². The summed E-state index contributed by atoms with van der Waals surface area (Å²) >= 11 is 0. The standard InChI is InChI=1S/C16H23NO2/c1-12-8-9-17-14(10-12)5-4-13-11-15(18-2)6-7-16(13)19-3/h4-7,11-12,14,17H,8-10H2,1-3H3/b5-4+. The van der Waals surface area contributed by atoms with Crippen LogP contribution >= 0.6 is 0 Å². The summed E-state index contributed by atoms with van der Waals surface area (Å²) in [5, 5.41) is 3.53. The maximum Gasteiger partial charge on any atom is 0.126 e. The summed E-state index contributed by atoms with van der Waals surface area (Å²) in [6, 6.07) is 6.31. The van der Waals surface area contributed by atoms with Crippen LogP contribution in [0.15, 0.2) is 24.3 Å². The van der Waals surface area contributed by atoms with Crippen LogP contribution in [-0.4, -0.2) is 26.8 Å². The molecule has 3 heteroatoms. The van der Waals surface area contributed by atoms with Crippen molar-refractivity contribution in [1.29, 1.82) is 0 Å². The molecule has 0 saturated carbocycles. The van der Waals surface area contributed by atoms with Gasteiger partial charge in [-0.15, -0.1) is 0 Å². The van der Waals surface area contributed by atoms with Crippen molar-refractivity contribution in [2.24, 2.45) is 5.92 Å². The molecule has 0 spiro atoms. The van der Waals surface area contributed by atoms with E-state index in [1.54, 1.807) is 14.2 Å². The van der Waals surface area contributed by atoms with Gasteiger partial charge in [-0.1, -0.05) is 19.1 Å². The second-order valence-corrected chi connectivity index (χ2v) is 5.16. The molecule has 1 aromatic rings. The lowest BCUT2D eigenvalue weighted by atomic mass is 9.94. The first-order valence-electron chi connectivity index (χ1n) is 6.86. The van der Waals surface area contributed by atoms with Crippen LogP contribution < -0.4 is 14.8 Å². The zero-order valence-corrected chi connectivity index (χ0v) is 12.0. The third-order valence-electron chi connectivity index (χ3n) is 3.64. The molecule has 1 fully saturated rings. The van der Waals surface area contributed by atoms with E-state index < -0.39 is 0 Å². The van der Waals surface area contributed by atoms with E-state index in [2.05, 4.69) is 24.4 Å². The summed E-state index contributed by atoms with van der Waals surface area (Å²) in [6.45, 7) is 3.42. The number of piperidine rings is 1. The Morgan fingerprint density at radius 2 is 2.11 bits per heavy atom. The topological polar surface area (TPSA) is 30.5 Å². The van der Waals surface area contributed by atoms with Gasteiger partial charge in [-0.05, 0) is 43.5 Å². The van der Waals surface area contributed by atoms with E-state index in [1.165, 1.54) is 12.8 Å². The van der Waals surface area contributed by atoms with E-state index in [0.29, 0.717) is 6.04 Å². The number of hydrogen-bond donors (Lipinski definition) is 1. The van der Waals surface area contributed by atoms with Crippen LogP contribution in [0.1, 0.15) is 25.3 Å². The van der Waals surface area contributed by atoms with E-state index in [1.807, 2.05) is 18.2 Å². The van der Waals surface area contributed by atoms with Gasteiger partial charge in [0.2, 0.25) is 0 Å². The first kappa shape index (κ1) is 13.9. The molecule has 1 N–H and O–H groups in total. The minimum absolute atomic E-state index is 0.458. The first-order valence-corrected chi connectivity index (χ1v) is 6.86. The lowest BCUT2D eigenvalue weighted by Gasteiger charge is -2.25. The van der Waals surface area contributed by atoms with E-state index in [4.69, 9.17) is 9.47 Å². The Hall–Kier alpha value is -1.48. The van der Waals surface area contributed by atoms with E-state index >= 15 is 0 Å². The fourth-order valence-corrected chi connectivity index (χ4v) is 2.49. The number of rotatable bonds is 4. The van der Waals surface area contributed by atoms with Gasteiger partial charge in [-0.25, -0.2) is 0 Å². The molecule has 0 amide bonds. The summed E-state index contributed by atoms with van der Waals surface area (Å²) in [6.07, 6.45) is 6.82. The highest BCUT2D eigenvalue weighted by Crippen LogP contribution is 2.26. The average Bonchev–Trinajstić information content (AvgIpc) is 2.45. The molecule has 1 heterocycles. The van der Waals surface area contributed by atoms with Crippen LogP contribution in [0.3, 0.4) is 0 Å². The van der Waals surface area contributed by atoms with Gasteiger partial charge in [-0.2, -0.15) is 0 Å². The quantitative estimate of drug-likeness (QED) is 0.903. The van der Waals surface area contributed by atoms with Crippen LogP contribution in [-0.2, 0) is 0 Å². The molecule has 3 nitrogen and oxygen atoms in total. The summed E-state index contributed by atoms with van der Waals surface area (Å²) < 4.78 is 10.6. The lowest BCUT2D eigenvalue weighted by Crippen LogP contribution is -2.35. The fraction of sp³-hybridized carbons (Fsp3) is 0.500. The summed E-state index contributed by atoms with van der Waals surface area (Å²) in [5.74, 6) is 2.52. The SMILES string of the molecule is COc1ccc(OC)c(/C=C/C2CC(C)CCN2)c1. The van der Waals surface area contributed by atoms with Crippen LogP contribution in [0.5, 0.6) is 11.5 Å². The van der Waals surface area contributed by atoms with Crippen molar-refractivity contribution in [1.82, 2.24) is 5.32 Å². The van der Waals surface area contributed by atoms with Gasteiger partial charge in [-0.3, -0.25) is 0 Å². The lowest BCUT2D eigenvalue weighted by molar-refractivity contribution is 0.357. The molecular weight excluding hydrogens is 238 g/mol. The first-order chi connectivity index (χ1) is 9.22. The second kappa shape index (κ2) is 6.62. The zero-order chi connectivity index (χ0) is 13.7. The second-order valence-electron chi connectivity index (χ2n) is 5.16. The van der Waals surface area contributed by atoms with Crippen LogP contribution in [0, 0.1) is 5.92 Å². The molecule has 2 atom stereocenters. The molecule has 1 saturated heterocycles. The predicted octanol–water partition coefficient (Wildman–Crippen LogP) is 3.11. The third-order valence-corrected chi connectivity index (χ3v) is 3.64. The molecule has 0 aromatic heterocycles. The molecule has 1 aromatic carbocycles. The Bertz CT molecular complexity index is 442. The fourth-order valence-electron chi connectivity index (χ4n) is 2.49. The molecule has 1 aliphatic heterocycles. The Balaban J connectivity index is 2.12. The minimum atomic E-state index is 0.458. The molecule has 1 aliphatic rings. The minimum Gasteiger partial charge on any atom is -0.497 e. The zero-order valence-electron chi connectivity index (χ0n) is 12.0. The number of methoxy groups -OCH3 is 2. The van der Waals surface area contributed by atoms with Gasteiger partial charge in [0.05, 0.1) is 14.2 Å². The maximum absolute atomic E-state index is 5.38. The highest BCUT2D eigenvalue weighted by molar-refractivity contribution is 5.60. The summed E-state index contributed by atoms with van der Waals surface area (Å²) in [5.41, 5.74) is 1.06. The Labute approximate surface area is 115 Å². The molecule has 2 rings (SSSR count). The molecule has 19 heavy (non-hydrogen) atoms. The van der Waals surface area contributed by atoms with Crippen molar-refractivity contribution in [3.8, 4) is 11.5 Å². The van der Waals surface area contributed by atoms with Gasteiger partial charge in [0.15, 0.2) is 0 Å². The number of ether oxygens (including phenoxy) is 2. The van der Waals surface area contributed by atoms with Crippen molar-refractivity contribution in [2.45, 2.75) is 25.8 Å². The van der Waals surface area contributed by atoms with Crippen molar-refractivity contribution in [3.63, 3.8) is 0 Å². The van der Waals surface area contributed by atoms with Crippen LogP contribution in [0.4, 0.5) is 0 Å². The molecule has 0 radical (unpaired) electrons. The summed E-state index contributed by atoms with van der Waals surface area (Å²) in [4.78, 5) is 0. The van der Waals surface area contributed by atoms with Crippen molar-refractivity contribution < 1.29 is 9.47 Å². The Morgan fingerprint density at radius 1 is 1.26 bits per heavy atom. The maximum atomic E-state index is 5.38. The molecular formula is C16H23NO2. The van der Waals surface area contributed by atoms with E-state index in [9.17, 15) is 0 Å². The Kier molecular flexibility index (Phi) is 4.86. The monoisotopic (exact) mass is 261 g/mol. The number of benzene rings is 1. The number of nitrogens with one attached hydrogen (secondary N) is 1. The van der Waals surface area contributed by atoms with Gasteiger partial charge in [0.25, 0.3) is 0 Å². The molecule has 104 valence electrons. The molecule has 2 unspecified atom stereocenters. The molecule has 0 aliphatic carbocycles. The largest absolute Gasteiger partial charge is 0.497 e. The predicted molar refractivity (Wildman–Crippen MR) is 78.8 cm³/mol. The number of hydrogen-bond acceptors (Lipinski definition) is 3. The highest BCUT2D eigenvalue weighted by Gasteiger charge is 2.15. The smallest absolute Gasteiger partial charge is 0.126 e. The van der Waals surface area contributed by atoms with Crippen molar-refractivity contribution >= 4 is 6.08 Å². The summed E-state index contributed by atoms with van der Waals surface area (Å²) in [7, 11) is 3.37. The van der Waals surface area contributed by atoms with E-state index in [-0.39, 0.29) is 0 Å². The average molecular weight is 261 g/mol. The normalized spacial score (nSPS) is 23.5. The Morgan fingerprint density at radius 3 is 2.79 bits per heavy atom. The molecule has 0 bridgehead atoms. The van der Waals surface area contributed by atoms with Gasteiger partial charge in [0.1, 0.15) is 11.5 Å². The van der Waals surface area contributed by atoms with Gasteiger partial charge in [0, 0.05) is 11.6 Å². The van der Waals surface area contributed by atoms with Crippen molar-refractivity contribution in [3.05, 3.63) is 29.8 Å². The third kappa shape index (κ3) is 3.74. The van der Waals surface area contributed by atoms with Crippen molar-refractivity contribution in [2.75, 3.05) is 20.8 Å².